The van der Waals surface area contributed by atoms with Crippen LogP contribution in [0.2, 0.25) is 19.3 Å². The average Bonchev–Trinajstić information content (AvgIpc) is 1.59. The van der Waals surface area contributed by atoms with Crippen LogP contribution in [-0.4, -0.2) is 29.6 Å². The Balaban J connectivity index is 3.28. The number of rotatable bonds is 3. The molecule has 0 aromatic carbocycles. The maximum atomic E-state index is 8.95. The second-order valence-electron chi connectivity index (χ2n) is 3.95. The molecule has 1 N–H and O–H groups in total. The molecule has 0 saturated carbocycles. The summed E-state index contributed by atoms with van der Waals surface area (Å²) in [5, 5.41) is 8.95. The van der Waals surface area contributed by atoms with Crippen LogP contribution < -0.4 is 0 Å². The fourth-order valence-electron chi connectivity index (χ4n) is 0.642. The Morgan fingerprint density at radius 3 is 1.89 bits per heavy atom. The Morgan fingerprint density at radius 2 is 1.78 bits per heavy atom. The molecule has 2 heteroatoms. The molecule has 0 aromatic rings. The SMILES string of the molecule is CC(O)C[CH2][Sn]([CH3])([CH3])[CH3]. The summed E-state index contributed by atoms with van der Waals surface area (Å²) in [5.41, 5.74) is 0. The molecule has 0 spiro atoms. The minimum absolute atomic E-state index is 0.0825. The zero-order valence-corrected chi connectivity index (χ0v) is 9.79. The first-order valence-electron chi connectivity index (χ1n) is 3.60. The number of hydrogen-bond acceptors (Lipinski definition) is 1. The van der Waals surface area contributed by atoms with Gasteiger partial charge in [0.05, 0.1) is 0 Å². The molecule has 0 aromatic heterocycles. The summed E-state index contributed by atoms with van der Waals surface area (Å²) in [4.78, 5) is 7.20. The Bertz CT molecular complexity index is 73.5. The Labute approximate surface area is 62.3 Å². The Hall–Kier alpha value is 0.759. The van der Waals surface area contributed by atoms with Crippen molar-refractivity contribution in [3.8, 4) is 0 Å². The first-order chi connectivity index (χ1) is 3.92. The first-order valence-corrected chi connectivity index (χ1v) is 14.2. The zero-order valence-electron chi connectivity index (χ0n) is 6.94. The molecular formula is C7H18OSn. The number of aliphatic hydroxyl groups excluding tert-OH is 1. The van der Waals surface area contributed by atoms with Gasteiger partial charge in [-0.25, -0.2) is 0 Å². The van der Waals surface area contributed by atoms with Crippen LogP contribution in [0.1, 0.15) is 13.3 Å². The standard InChI is InChI=1S/C4H9O.3CH3.Sn/c1-3-4(2)5;;;;/h4-5H,1,3H2,2H3;3*1H3;. The van der Waals surface area contributed by atoms with Crippen molar-refractivity contribution in [1.29, 1.82) is 0 Å². The van der Waals surface area contributed by atoms with E-state index in [1.165, 1.54) is 4.44 Å². The molecule has 0 fully saturated rings. The molecule has 0 amide bonds. The van der Waals surface area contributed by atoms with Crippen molar-refractivity contribution in [3.63, 3.8) is 0 Å². The molecule has 0 heterocycles. The quantitative estimate of drug-likeness (QED) is 0.745. The van der Waals surface area contributed by atoms with Gasteiger partial charge in [0.2, 0.25) is 0 Å². The fourth-order valence-corrected chi connectivity index (χ4v) is 4.31. The van der Waals surface area contributed by atoms with Gasteiger partial charge in [-0.1, -0.05) is 0 Å². The van der Waals surface area contributed by atoms with Gasteiger partial charge in [0.1, 0.15) is 0 Å². The van der Waals surface area contributed by atoms with Crippen LogP contribution in [0.4, 0.5) is 0 Å². The third kappa shape index (κ3) is 8.76. The maximum absolute atomic E-state index is 8.95. The third-order valence-corrected chi connectivity index (χ3v) is 6.42. The van der Waals surface area contributed by atoms with Crippen molar-refractivity contribution >= 4 is 18.4 Å². The van der Waals surface area contributed by atoms with Gasteiger partial charge in [0.15, 0.2) is 0 Å². The molecule has 1 atom stereocenters. The molecular weight excluding hydrogens is 219 g/mol. The summed E-state index contributed by atoms with van der Waals surface area (Å²) in [5.74, 6) is 0. The van der Waals surface area contributed by atoms with E-state index in [1.54, 1.807) is 0 Å². The summed E-state index contributed by atoms with van der Waals surface area (Å²) in [6.45, 7) is 1.87. The van der Waals surface area contributed by atoms with Gasteiger partial charge in [-0.05, 0) is 0 Å². The van der Waals surface area contributed by atoms with Gasteiger partial charge in [0.25, 0.3) is 0 Å². The predicted molar refractivity (Wildman–Crippen MR) is 44.5 cm³/mol. The van der Waals surface area contributed by atoms with E-state index in [2.05, 4.69) is 14.8 Å². The van der Waals surface area contributed by atoms with Crippen molar-refractivity contribution in [2.45, 2.75) is 38.7 Å². The molecule has 0 aliphatic heterocycles. The van der Waals surface area contributed by atoms with Crippen LogP contribution >= 0.6 is 0 Å². The van der Waals surface area contributed by atoms with Gasteiger partial charge in [-0.3, -0.25) is 0 Å². The minimum atomic E-state index is -1.52. The van der Waals surface area contributed by atoms with E-state index >= 15 is 0 Å². The van der Waals surface area contributed by atoms with E-state index in [4.69, 9.17) is 5.11 Å². The predicted octanol–water partition coefficient (Wildman–Crippen LogP) is 2.10. The van der Waals surface area contributed by atoms with Gasteiger partial charge in [-0.15, -0.1) is 0 Å². The molecule has 0 saturated heterocycles. The Morgan fingerprint density at radius 1 is 1.33 bits per heavy atom. The molecule has 0 aliphatic carbocycles. The summed E-state index contributed by atoms with van der Waals surface area (Å²) in [6.07, 6.45) is 0.931. The summed E-state index contributed by atoms with van der Waals surface area (Å²) >= 11 is -1.52. The van der Waals surface area contributed by atoms with E-state index < -0.39 is 18.4 Å². The second-order valence-corrected chi connectivity index (χ2v) is 20.0. The van der Waals surface area contributed by atoms with E-state index in [9.17, 15) is 0 Å². The normalized spacial score (nSPS) is 15.7. The van der Waals surface area contributed by atoms with E-state index in [-0.39, 0.29) is 6.10 Å². The first kappa shape index (κ1) is 9.76. The van der Waals surface area contributed by atoms with Crippen LogP contribution in [0.25, 0.3) is 0 Å². The average molecular weight is 237 g/mol. The molecule has 9 heavy (non-hydrogen) atoms. The van der Waals surface area contributed by atoms with E-state index in [0.717, 1.165) is 6.42 Å². The molecule has 0 bridgehead atoms. The van der Waals surface area contributed by atoms with Crippen LogP contribution in [0.15, 0.2) is 0 Å². The van der Waals surface area contributed by atoms with Crippen LogP contribution in [0.3, 0.4) is 0 Å². The van der Waals surface area contributed by atoms with Crippen LogP contribution in [0, 0.1) is 0 Å². The second kappa shape index (κ2) is 3.81. The van der Waals surface area contributed by atoms with Gasteiger partial charge < -0.3 is 0 Å². The van der Waals surface area contributed by atoms with E-state index in [0.29, 0.717) is 0 Å². The third-order valence-electron chi connectivity index (χ3n) is 1.31. The molecule has 0 aliphatic rings. The van der Waals surface area contributed by atoms with Crippen molar-refractivity contribution in [2.24, 2.45) is 0 Å². The van der Waals surface area contributed by atoms with E-state index in [1.807, 2.05) is 6.92 Å². The molecule has 1 unspecified atom stereocenters. The topological polar surface area (TPSA) is 20.2 Å². The van der Waals surface area contributed by atoms with Crippen molar-refractivity contribution < 1.29 is 5.11 Å². The van der Waals surface area contributed by atoms with Crippen LogP contribution in [-0.2, 0) is 0 Å². The molecule has 0 radical (unpaired) electrons. The van der Waals surface area contributed by atoms with Crippen molar-refractivity contribution in [2.75, 3.05) is 0 Å². The number of hydrogen-bond donors (Lipinski definition) is 1. The zero-order chi connectivity index (χ0) is 7.49. The summed E-state index contributed by atoms with van der Waals surface area (Å²) in [7, 11) is 0. The number of aliphatic hydroxyl groups is 1. The molecule has 56 valence electrons. The monoisotopic (exact) mass is 238 g/mol. The van der Waals surface area contributed by atoms with Crippen molar-refractivity contribution in [1.82, 2.24) is 0 Å². The van der Waals surface area contributed by atoms with Crippen molar-refractivity contribution in [3.05, 3.63) is 0 Å². The molecule has 0 rings (SSSR count). The Kier molecular flexibility index (Phi) is 4.13. The summed E-state index contributed by atoms with van der Waals surface area (Å²) < 4.78 is 1.31. The summed E-state index contributed by atoms with van der Waals surface area (Å²) in [6, 6.07) is 0. The van der Waals surface area contributed by atoms with Gasteiger partial charge >= 0.3 is 62.2 Å². The van der Waals surface area contributed by atoms with Gasteiger partial charge in [-0.2, -0.15) is 0 Å². The fraction of sp³-hybridized carbons (Fsp3) is 1.00. The molecule has 1 nitrogen and oxygen atoms in total. The van der Waals surface area contributed by atoms with Crippen LogP contribution in [0.5, 0.6) is 0 Å². The van der Waals surface area contributed by atoms with Gasteiger partial charge in [0, 0.05) is 0 Å².